The smallest absolute Gasteiger partial charge is 0.262 e. The molecule has 4 amide bonds. The number of carbonyl (C=O) groups excluding carboxylic acids is 4. The van der Waals surface area contributed by atoms with Gasteiger partial charge in [-0.2, -0.15) is 0 Å². The van der Waals surface area contributed by atoms with Gasteiger partial charge in [0.15, 0.2) is 0 Å². The molecule has 44 heavy (non-hydrogen) atoms. The van der Waals surface area contributed by atoms with E-state index in [0.29, 0.717) is 17.0 Å². The summed E-state index contributed by atoms with van der Waals surface area (Å²) in [5.41, 5.74) is 6.25. The van der Waals surface area contributed by atoms with Gasteiger partial charge < -0.3 is 9.32 Å². The summed E-state index contributed by atoms with van der Waals surface area (Å²) in [6.07, 6.45) is 6.87. The van der Waals surface area contributed by atoms with Gasteiger partial charge in [0.25, 0.3) is 11.8 Å². The van der Waals surface area contributed by atoms with Crippen molar-refractivity contribution in [3.05, 3.63) is 70.1 Å². The Kier molecular flexibility index (Phi) is 6.62. The Morgan fingerprint density at radius 1 is 0.841 bits per heavy atom. The number of benzene rings is 2. The Balaban J connectivity index is 0.868. The molecular weight excluding hydrogens is 558 g/mol. The number of carbonyl (C=O) groups is 4. The fourth-order valence-electron chi connectivity index (χ4n) is 7.60. The Morgan fingerprint density at radius 3 is 2.18 bits per heavy atom. The monoisotopic (exact) mass is 593 g/mol. The molecule has 1 N–H and O–H groups in total. The van der Waals surface area contributed by atoms with Crippen LogP contribution in [0.3, 0.4) is 0 Å². The first-order valence-electron chi connectivity index (χ1n) is 15.8. The summed E-state index contributed by atoms with van der Waals surface area (Å²) in [6.45, 7) is 4.48. The van der Waals surface area contributed by atoms with E-state index in [-0.39, 0.29) is 18.7 Å². The lowest BCUT2D eigenvalue weighted by Crippen LogP contribution is -2.54. The average molecular weight is 594 g/mol. The molecule has 1 aliphatic carbocycles. The third-order valence-corrected chi connectivity index (χ3v) is 10.0. The second-order valence-electron chi connectivity index (χ2n) is 12.9. The second kappa shape index (κ2) is 10.7. The van der Waals surface area contributed by atoms with E-state index in [0.717, 1.165) is 97.3 Å². The van der Waals surface area contributed by atoms with Gasteiger partial charge in [0.1, 0.15) is 11.8 Å². The fraction of sp³-hybridized carbons (Fsp3) is 0.441. The van der Waals surface area contributed by atoms with Crippen LogP contribution in [0.5, 0.6) is 0 Å². The molecule has 2 saturated heterocycles. The van der Waals surface area contributed by atoms with Crippen molar-refractivity contribution in [1.29, 1.82) is 0 Å². The van der Waals surface area contributed by atoms with Crippen LogP contribution in [-0.2, 0) is 35.5 Å². The highest BCUT2D eigenvalue weighted by Crippen LogP contribution is 2.35. The van der Waals surface area contributed by atoms with Crippen molar-refractivity contribution in [3.63, 3.8) is 0 Å². The van der Waals surface area contributed by atoms with E-state index < -0.39 is 23.8 Å². The SMILES string of the molecule is O=C1CCC(N2C(=O)c3cc4c(cc3C2=O)CN(CC2CCN(c3ccc(-c5nc6c(o5)CCCC6)cc3)CC2)C4)C(=O)N1. The molecule has 5 aliphatic rings. The maximum atomic E-state index is 13.2. The number of piperidine rings is 2. The zero-order valence-corrected chi connectivity index (χ0v) is 24.6. The predicted molar refractivity (Wildman–Crippen MR) is 161 cm³/mol. The minimum absolute atomic E-state index is 0.116. The van der Waals surface area contributed by atoms with E-state index in [1.54, 1.807) is 0 Å². The number of hydrogen-bond donors (Lipinski definition) is 1. The molecule has 4 aliphatic heterocycles. The molecule has 5 heterocycles. The highest BCUT2D eigenvalue weighted by molar-refractivity contribution is 6.23. The van der Waals surface area contributed by atoms with Crippen LogP contribution in [0.2, 0.25) is 0 Å². The third-order valence-electron chi connectivity index (χ3n) is 10.0. The standard InChI is InChI=1S/C34H35N5O5/c40-30-10-9-28(31(41)36-30)39-33(42)25-15-22-18-37(19-23(22)16-26(25)34(39)43)17-20-11-13-38(14-12-20)24-7-5-21(6-8-24)32-35-27-3-1-2-4-29(27)44-32/h5-8,15-16,20,28H,1-4,9-14,17-19H2,(H,36,40,41). The molecule has 0 saturated carbocycles. The molecule has 2 fully saturated rings. The Bertz CT molecular complexity index is 1620. The van der Waals surface area contributed by atoms with E-state index in [2.05, 4.69) is 39.4 Å². The second-order valence-corrected chi connectivity index (χ2v) is 12.9. The van der Waals surface area contributed by atoms with Crippen molar-refractivity contribution in [1.82, 2.24) is 20.1 Å². The van der Waals surface area contributed by atoms with Crippen LogP contribution in [0.25, 0.3) is 11.5 Å². The fourth-order valence-corrected chi connectivity index (χ4v) is 7.60. The van der Waals surface area contributed by atoms with E-state index in [1.165, 1.54) is 18.5 Å². The molecule has 226 valence electrons. The van der Waals surface area contributed by atoms with Gasteiger partial charge in [0.2, 0.25) is 17.7 Å². The number of nitrogens with one attached hydrogen (secondary N) is 1. The highest BCUT2D eigenvalue weighted by atomic mass is 16.4. The lowest BCUT2D eigenvalue weighted by atomic mass is 9.95. The van der Waals surface area contributed by atoms with E-state index in [4.69, 9.17) is 9.40 Å². The van der Waals surface area contributed by atoms with Crippen molar-refractivity contribution in [2.75, 3.05) is 24.5 Å². The van der Waals surface area contributed by atoms with Gasteiger partial charge in [-0.05, 0) is 92.0 Å². The summed E-state index contributed by atoms with van der Waals surface area (Å²) in [4.78, 5) is 61.0. The van der Waals surface area contributed by atoms with Crippen LogP contribution < -0.4 is 10.2 Å². The summed E-state index contributed by atoms with van der Waals surface area (Å²) >= 11 is 0. The largest absolute Gasteiger partial charge is 0.441 e. The molecule has 1 atom stereocenters. The van der Waals surface area contributed by atoms with Crippen molar-refractivity contribution in [2.45, 2.75) is 70.5 Å². The maximum Gasteiger partial charge on any atom is 0.262 e. The molecule has 2 aromatic carbocycles. The number of amides is 4. The third kappa shape index (κ3) is 4.72. The summed E-state index contributed by atoms with van der Waals surface area (Å²) in [7, 11) is 0. The first kappa shape index (κ1) is 27.3. The Hall–Kier alpha value is -4.31. The van der Waals surface area contributed by atoms with Crippen LogP contribution in [0.4, 0.5) is 5.69 Å². The number of oxazole rings is 1. The van der Waals surface area contributed by atoms with E-state index >= 15 is 0 Å². The zero-order chi connectivity index (χ0) is 29.9. The molecule has 0 spiro atoms. The Morgan fingerprint density at radius 2 is 1.52 bits per heavy atom. The molecule has 8 rings (SSSR count). The molecule has 0 bridgehead atoms. The minimum atomic E-state index is -0.937. The summed E-state index contributed by atoms with van der Waals surface area (Å²) in [6, 6.07) is 11.4. The number of aryl methyl sites for hydroxylation is 2. The zero-order valence-electron chi connectivity index (χ0n) is 24.6. The molecule has 1 aromatic heterocycles. The van der Waals surface area contributed by atoms with Crippen molar-refractivity contribution >= 4 is 29.3 Å². The van der Waals surface area contributed by atoms with Crippen LogP contribution in [-0.4, -0.2) is 64.1 Å². The normalized spacial score (nSPS) is 22.3. The van der Waals surface area contributed by atoms with Crippen molar-refractivity contribution < 1.29 is 23.6 Å². The predicted octanol–water partition coefficient (Wildman–Crippen LogP) is 3.85. The topological polar surface area (TPSA) is 116 Å². The van der Waals surface area contributed by atoms with Gasteiger partial charge in [-0.15, -0.1) is 0 Å². The number of anilines is 1. The molecule has 3 aromatic rings. The number of rotatable bonds is 5. The first-order chi connectivity index (χ1) is 21.4. The maximum absolute atomic E-state index is 13.2. The van der Waals surface area contributed by atoms with Gasteiger partial charge >= 0.3 is 0 Å². The summed E-state index contributed by atoms with van der Waals surface area (Å²) < 4.78 is 6.06. The van der Waals surface area contributed by atoms with Gasteiger partial charge in [-0.1, -0.05) is 0 Å². The molecular formula is C34H35N5O5. The molecule has 10 heteroatoms. The van der Waals surface area contributed by atoms with Gasteiger partial charge in [0.05, 0.1) is 16.8 Å². The van der Waals surface area contributed by atoms with E-state index in [1.807, 2.05) is 12.1 Å². The van der Waals surface area contributed by atoms with Gasteiger partial charge in [-0.25, -0.2) is 4.98 Å². The van der Waals surface area contributed by atoms with Gasteiger partial charge in [-0.3, -0.25) is 34.3 Å². The number of hydrogen-bond acceptors (Lipinski definition) is 8. The first-order valence-corrected chi connectivity index (χ1v) is 15.8. The van der Waals surface area contributed by atoms with Gasteiger partial charge in [0, 0.05) is 56.8 Å². The van der Waals surface area contributed by atoms with Crippen molar-refractivity contribution in [2.24, 2.45) is 5.92 Å². The minimum Gasteiger partial charge on any atom is -0.441 e. The van der Waals surface area contributed by atoms with E-state index in [9.17, 15) is 19.2 Å². The van der Waals surface area contributed by atoms with Crippen LogP contribution >= 0.6 is 0 Å². The highest BCUT2D eigenvalue weighted by Gasteiger charge is 2.45. The average Bonchev–Trinajstić information content (AvgIpc) is 3.71. The van der Waals surface area contributed by atoms with Crippen molar-refractivity contribution in [3.8, 4) is 11.5 Å². The number of nitrogens with zero attached hydrogens (tertiary/aromatic N) is 4. The molecule has 1 unspecified atom stereocenters. The summed E-state index contributed by atoms with van der Waals surface area (Å²) in [5, 5.41) is 2.25. The van der Waals surface area contributed by atoms with Crippen LogP contribution in [0.1, 0.15) is 81.8 Å². The number of imide groups is 2. The van der Waals surface area contributed by atoms with Crippen LogP contribution in [0, 0.1) is 5.92 Å². The number of aromatic nitrogens is 1. The molecule has 0 radical (unpaired) electrons. The summed E-state index contributed by atoms with van der Waals surface area (Å²) in [5.74, 6) is 0.530. The number of fused-ring (bicyclic) bond motifs is 3. The lowest BCUT2D eigenvalue weighted by molar-refractivity contribution is -0.136. The Labute approximate surface area is 255 Å². The quantitative estimate of drug-likeness (QED) is 0.444. The lowest BCUT2D eigenvalue weighted by Gasteiger charge is -2.35. The molecule has 10 nitrogen and oxygen atoms in total. The van der Waals surface area contributed by atoms with Crippen LogP contribution in [0.15, 0.2) is 40.8 Å².